The summed E-state index contributed by atoms with van der Waals surface area (Å²) in [6.07, 6.45) is 3.95. The van der Waals surface area contributed by atoms with Gasteiger partial charge < -0.3 is 43.2 Å². The lowest BCUT2D eigenvalue weighted by molar-refractivity contribution is -0.142. The molecule has 0 saturated heterocycles. The SMILES string of the molecule is CCC(C)C(N)C(=O)NC(C)C(=O)NC(CCCN=C(N)N)C(=O)NC(Cc1cnc[nH]1)C(=O)O. The van der Waals surface area contributed by atoms with Gasteiger partial charge in [-0.25, -0.2) is 9.78 Å². The van der Waals surface area contributed by atoms with Gasteiger partial charge in [-0.1, -0.05) is 20.3 Å². The summed E-state index contributed by atoms with van der Waals surface area (Å²) in [5, 5.41) is 17.1. The molecule has 5 unspecified atom stereocenters. The molecule has 0 aromatic carbocycles. The van der Waals surface area contributed by atoms with Crippen LogP contribution >= 0.6 is 0 Å². The van der Waals surface area contributed by atoms with Gasteiger partial charge in [-0.3, -0.25) is 19.4 Å². The topological polar surface area (TPSA) is 244 Å². The quantitative estimate of drug-likeness (QED) is 0.0756. The van der Waals surface area contributed by atoms with Crippen LogP contribution in [0.3, 0.4) is 0 Å². The Labute approximate surface area is 203 Å². The first kappa shape index (κ1) is 29.4. The second-order valence-corrected chi connectivity index (χ2v) is 8.33. The van der Waals surface area contributed by atoms with E-state index in [-0.39, 0.29) is 31.3 Å². The zero-order valence-electron chi connectivity index (χ0n) is 20.3. The molecule has 0 saturated carbocycles. The van der Waals surface area contributed by atoms with Gasteiger partial charge in [0.15, 0.2) is 5.96 Å². The van der Waals surface area contributed by atoms with E-state index in [1.54, 1.807) is 0 Å². The third-order valence-electron chi connectivity index (χ3n) is 5.48. The van der Waals surface area contributed by atoms with Gasteiger partial charge >= 0.3 is 5.97 Å². The summed E-state index contributed by atoms with van der Waals surface area (Å²) in [5.74, 6) is -3.27. The minimum absolute atomic E-state index is 0.0320. The van der Waals surface area contributed by atoms with E-state index >= 15 is 0 Å². The molecule has 1 heterocycles. The Morgan fingerprint density at radius 2 is 1.74 bits per heavy atom. The van der Waals surface area contributed by atoms with Crippen LogP contribution in [0.1, 0.15) is 45.7 Å². The summed E-state index contributed by atoms with van der Waals surface area (Å²) in [7, 11) is 0. The molecule has 0 bridgehead atoms. The van der Waals surface area contributed by atoms with Crippen molar-refractivity contribution in [3.8, 4) is 0 Å². The summed E-state index contributed by atoms with van der Waals surface area (Å²) >= 11 is 0. The lowest BCUT2D eigenvalue weighted by Gasteiger charge is -2.24. The van der Waals surface area contributed by atoms with Crippen LogP contribution in [0, 0.1) is 5.92 Å². The fraction of sp³-hybridized carbons (Fsp3) is 0.619. The number of nitrogens with zero attached hydrogens (tertiary/aromatic N) is 2. The Bertz CT molecular complexity index is 871. The highest BCUT2D eigenvalue weighted by Crippen LogP contribution is 2.06. The molecular weight excluding hydrogens is 458 g/mol. The summed E-state index contributed by atoms with van der Waals surface area (Å²) in [5.41, 5.74) is 17.0. The first-order chi connectivity index (χ1) is 16.5. The molecule has 5 atom stereocenters. The molecule has 0 spiro atoms. The number of aliphatic imine (C=N–C) groups is 1. The van der Waals surface area contributed by atoms with E-state index in [2.05, 4.69) is 30.9 Å². The molecule has 1 aromatic heterocycles. The molecule has 11 N–H and O–H groups in total. The highest BCUT2D eigenvalue weighted by Gasteiger charge is 2.29. The fourth-order valence-corrected chi connectivity index (χ4v) is 3.05. The second-order valence-electron chi connectivity index (χ2n) is 8.33. The summed E-state index contributed by atoms with van der Waals surface area (Å²) in [4.78, 5) is 60.1. The molecule has 0 aliphatic heterocycles. The molecule has 196 valence electrons. The van der Waals surface area contributed by atoms with Gasteiger partial charge in [0, 0.05) is 24.9 Å². The predicted octanol–water partition coefficient (Wildman–Crippen LogP) is -2.06. The number of aromatic amines is 1. The Balaban J connectivity index is 2.88. The smallest absolute Gasteiger partial charge is 0.326 e. The van der Waals surface area contributed by atoms with E-state index in [0.717, 1.165) is 0 Å². The zero-order chi connectivity index (χ0) is 26.5. The van der Waals surface area contributed by atoms with Crippen molar-refractivity contribution in [3.63, 3.8) is 0 Å². The number of aliphatic carboxylic acids is 1. The van der Waals surface area contributed by atoms with Gasteiger partial charge in [0.25, 0.3) is 0 Å². The van der Waals surface area contributed by atoms with Crippen LogP contribution in [-0.4, -0.2) is 75.4 Å². The summed E-state index contributed by atoms with van der Waals surface area (Å²) < 4.78 is 0. The number of carboxylic acids is 1. The van der Waals surface area contributed by atoms with Gasteiger partial charge in [-0.2, -0.15) is 0 Å². The van der Waals surface area contributed by atoms with Gasteiger partial charge in [0.05, 0.1) is 12.4 Å². The Morgan fingerprint density at radius 3 is 2.29 bits per heavy atom. The van der Waals surface area contributed by atoms with Gasteiger partial charge in [-0.15, -0.1) is 0 Å². The number of guanidine groups is 1. The third-order valence-corrected chi connectivity index (χ3v) is 5.48. The number of rotatable bonds is 15. The van der Waals surface area contributed by atoms with Crippen molar-refractivity contribution in [1.82, 2.24) is 25.9 Å². The van der Waals surface area contributed by atoms with Crippen molar-refractivity contribution in [2.45, 2.75) is 70.6 Å². The number of hydrogen-bond acceptors (Lipinski definition) is 7. The molecule has 1 aromatic rings. The molecule has 0 aliphatic carbocycles. The predicted molar refractivity (Wildman–Crippen MR) is 129 cm³/mol. The van der Waals surface area contributed by atoms with Crippen LogP contribution in [0.5, 0.6) is 0 Å². The lowest BCUT2D eigenvalue weighted by Crippen LogP contribution is -2.57. The number of H-pyrrole nitrogens is 1. The summed E-state index contributed by atoms with van der Waals surface area (Å²) in [6.45, 7) is 5.39. The molecule has 0 radical (unpaired) electrons. The number of carboxylic acid groups (broad SMARTS) is 1. The van der Waals surface area contributed by atoms with Crippen LogP contribution in [-0.2, 0) is 25.6 Å². The van der Waals surface area contributed by atoms with Crippen molar-refractivity contribution >= 4 is 29.7 Å². The zero-order valence-corrected chi connectivity index (χ0v) is 20.3. The number of nitrogens with one attached hydrogen (secondary N) is 4. The number of amides is 3. The van der Waals surface area contributed by atoms with Gasteiger partial charge in [-0.05, 0) is 25.7 Å². The first-order valence-electron chi connectivity index (χ1n) is 11.4. The van der Waals surface area contributed by atoms with Crippen molar-refractivity contribution in [2.24, 2.45) is 28.1 Å². The van der Waals surface area contributed by atoms with Crippen LogP contribution in [0.25, 0.3) is 0 Å². The lowest BCUT2D eigenvalue weighted by atomic mass is 9.99. The summed E-state index contributed by atoms with van der Waals surface area (Å²) in [6, 6.07) is -4.12. The molecule has 0 fully saturated rings. The maximum atomic E-state index is 12.9. The van der Waals surface area contributed by atoms with E-state index in [9.17, 15) is 24.3 Å². The Kier molecular flexibility index (Phi) is 12.2. The molecule has 14 nitrogen and oxygen atoms in total. The van der Waals surface area contributed by atoms with Gasteiger partial charge in [0.2, 0.25) is 17.7 Å². The minimum Gasteiger partial charge on any atom is -0.480 e. The van der Waals surface area contributed by atoms with E-state index < -0.39 is 47.9 Å². The Morgan fingerprint density at radius 1 is 1.09 bits per heavy atom. The van der Waals surface area contributed by atoms with Gasteiger partial charge in [0.1, 0.15) is 18.1 Å². The highest BCUT2D eigenvalue weighted by atomic mass is 16.4. The molecule has 35 heavy (non-hydrogen) atoms. The highest BCUT2D eigenvalue weighted by molar-refractivity contribution is 5.94. The normalized spacial score (nSPS) is 15.1. The number of nitrogens with two attached hydrogens (primary N) is 3. The maximum absolute atomic E-state index is 12.9. The average molecular weight is 496 g/mol. The van der Waals surface area contributed by atoms with Crippen molar-refractivity contribution in [1.29, 1.82) is 0 Å². The van der Waals surface area contributed by atoms with Crippen molar-refractivity contribution in [3.05, 3.63) is 18.2 Å². The standard InChI is InChI=1S/C21H37N9O5/c1-4-11(2)16(22)19(33)28-12(3)17(31)29-14(6-5-7-26-21(23)24)18(32)30-15(20(34)35)8-13-9-25-10-27-13/h9-12,14-16H,4-8,22H2,1-3H3,(H,25,27)(H,28,33)(H,29,31)(H,30,32)(H,34,35)(H4,23,24,26). The number of carbonyl (C=O) groups is 4. The van der Waals surface area contributed by atoms with Crippen molar-refractivity contribution in [2.75, 3.05) is 6.54 Å². The van der Waals surface area contributed by atoms with Crippen LogP contribution in [0.2, 0.25) is 0 Å². The second kappa shape index (κ2) is 14.6. The Hall–Kier alpha value is -3.68. The van der Waals surface area contributed by atoms with E-state index in [1.165, 1.54) is 19.4 Å². The van der Waals surface area contributed by atoms with Crippen LogP contribution in [0.15, 0.2) is 17.5 Å². The molecule has 1 rings (SSSR count). The molecule has 14 heteroatoms. The number of imidazole rings is 1. The number of aromatic nitrogens is 2. The van der Waals surface area contributed by atoms with E-state index in [0.29, 0.717) is 18.5 Å². The average Bonchev–Trinajstić information content (AvgIpc) is 3.32. The first-order valence-corrected chi connectivity index (χ1v) is 11.4. The molecular formula is C21H37N9O5. The largest absolute Gasteiger partial charge is 0.480 e. The van der Waals surface area contributed by atoms with E-state index in [4.69, 9.17) is 17.2 Å². The third kappa shape index (κ3) is 10.4. The van der Waals surface area contributed by atoms with Crippen LogP contribution in [0.4, 0.5) is 0 Å². The maximum Gasteiger partial charge on any atom is 0.326 e. The number of carbonyl (C=O) groups excluding carboxylic acids is 3. The number of hydrogen-bond donors (Lipinski definition) is 8. The molecule has 0 aliphatic rings. The molecule has 3 amide bonds. The fourth-order valence-electron chi connectivity index (χ4n) is 3.05. The van der Waals surface area contributed by atoms with E-state index in [1.807, 2.05) is 13.8 Å². The minimum atomic E-state index is -1.26. The monoisotopic (exact) mass is 495 g/mol. The van der Waals surface area contributed by atoms with Crippen LogP contribution < -0.4 is 33.2 Å². The van der Waals surface area contributed by atoms with Crippen molar-refractivity contribution < 1.29 is 24.3 Å².